The molecular weight excluding hydrogens is 314 g/mol. The quantitative estimate of drug-likeness (QED) is 0.916. The van der Waals surface area contributed by atoms with Crippen LogP contribution < -0.4 is 5.32 Å². The van der Waals surface area contributed by atoms with E-state index in [0.29, 0.717) is 6.04 Å². The first kappa shape index (κ1) is 14.5. The fraction of sp³-hybridized carbons (Fsp3) is 0.688. The van der Waals surface area contributed by atoms with Crippen molar-refractivity contribution in [3.05, 3.63) is 28.5 Å². The Morgan fingerprint density at radius 1 is 1.15 bits per heavy atom. The highest BCUT2D eigenvalue weighted by Gasteiger charge is 2.31. The molecule has 1 saturated heterocycles. The van der Waals surface area contributed by atoms with Gasteiger partial charge in [-0.1, -0.05) is 19.3 Å². The third-order valence-corrected chi connectivity index (χ3v) is 5.16. The second-order valence-corrected chi connectivity index (χ2v) is 6.95. The molecule has 1 aromatic rings. The van der Waals surface area contributed by atoms with Gasteiger partial charge in [0, 0.05) is 36.8 Å². The molecule has 110 valence electrons. The van der Waals surface area contributed by atoms with E-state index in [2.05, 4.69) is 38.3 Å². The maximum atomic E-state index is 4.72. The summed E-state index contributed by atoms with van der Waals surface area (Å²) in [4.78, 5) is 7.38. The van der Waals surface area contributed by atoms with Crippen LogP contribution in [-0.2, 0) is 0 Å². The third kappa shape index (κ3) is 3.41. The van der Waals surface area contributed by atoms with Crippen LogP contribution in [0.2, 0.25) is 0 Å². The summed E-state index contributed by atoms with van der Waals surface area (Å²) >= 11 is 3.50. The van der Waals surface area contributed by atoms with Crippen LogP contribution in [0.15, 0.2) is 22.8 Å². The van der Waals surface area contributed by atoms with E-state index in [9.17, 15) is 0 Å². The Morgan fingerprint density at radius 2 is 1.90 bits per heavy atom. The van der Waals surface area contributed by atoms with Crippen molar-refractivity contribution in [3.8, 4) is 0 Å². The number of piperazine rings is 1. The molecule has 1 saturated carbocycles. The fourth-order valence-electron chi connectivity index (χ4n) is 3.70. The van der Waals surface area contributed by atoms with Crippen molar-refractivity contribution in [1.82, 2.24) is 15.2 Å². The lowest BCUT2D eigenvalue weighted by atomic mass is 9.81. The Morgan fingerprint density at radius 3 is 2.55 bits per heavy atom. The molecular formula is C16H24BrN3. The van der Waals surface area contributed by atoms with Crippen molar-refractivity contribution in [3.63, 3.8) is 0 Å². The van der Waals surface area contributed by atoms with Crippen LogP contribution in [0.3, 0.4) is 0 Å². The van der Waals surface area contributed by atoms with Crippen LogP contribution in [0.1, 0.15) is 43.8 Å². The van der Waals surface area contributed by atoms with Gasteiger partial charge in [0.1, 0.15) is 0 Å². The average molecular weight is 338 g/mol. The summed E-state index contributed by atoms with van der Waals surface area (Å²) in [7, 11) is 0. The van der Waals surface area contributed by atoms with Gasteiger partial charge in [-0.05, 0) is 46.8 Å². The van der Waals surface area contributed by atoms with Crippen molar-refractivity contribution in [1.29, 1.82) is 0 Å². The van der Waals surface area contributed by atoms with Crippen LogP contribution in [0.4, 0.5) is 0 Å². The summed E-state index contributed by atoms with van der Waals surface area (Å²) in [6, 6.07) is 4.87. The zero-order valence-corrected chi connectivity index (χ0v) is 13.6. The van der Waals surface area contributed by atoms with E-state index >= 15 is 0 Å². The summed E-state index contributed by atoms with van der Waals surface area (Å²) in [5, 5.41) is 3.46. The lowest BCUT2D eigenvalue weighted by Gasteiger charge is -2.40. The van der Waals surface area contributed by atoms with E-state index in [0.717, 1.165) is 36.6 Å². The molecule has 1 aliphatic heterocycles. The Balaban J connectivity index is 1.83. The number of halogens is 1. The molecule has 0 aromatic carbocycles. The van der Waals surface area contributed by atoms with Gasteiger partial charge in [0.15, 0.2) is 0 Å². The molecule has 3 rings (SSSR count). The average Bonchev–Trinajstić information content (AvgIpc) is 2.52. The summed E-state index contributed by atoms with van der Waals surface area (Å²) in [6.07, 6.45) is 8.89. The van der Waals surface area contributed by atoms with E-state index in [1.807, 2.05) is 6.20 Å². The number of nitrogens with zero attached hydrogens (tertiary/aromatic N) is 2. The van der Waals surface area contributed by atoms with Gasteiger partial charge < -0.3 is 5.32 Å². The lowest BCUT2D eigenvalue weighted by Crippen LogP contribution is -2.47. The summed E-state index contributed by atoms with van der Waals surface area (Å²) in [5.41, 5.74) is 1.27. The first-order chi connectivity index (χ1) is 9.84. The number of hydrogen-bond acceptors (Lipinski definition) is 3. The topological polar surface area (TPSA) is 28.2 Å². The first-order valence-electron chi connectivity index (χ1n) is 7.91. The second-order valence-electron chi connectivity index (χ2n) is 6.03. The predicted molar refractivity (Wildman–Crippen MR) is 85.7 cm³/mol. The smallest absolute Gasteiger partial charge is 0.0579 e. The van der Waals surface area contributed by atoms with Crippen molar-refractivity contribution in [2.45, 2.75) is 38.1 Å². The Labute approximate surface area is 130 Å². The zero-order chi connectivity index (χ0) is 13.8. The van der Waals surface area contributed by atoms with Crippen LogP contribution in [0.25, 0.3) is 0 Å². The molecule has 2 heterocycles. The van der Waals surface area contributed by atoms with Crippen LogP contribution in [0.5, 0.6) is 0 Å². The molecule has 3 nitrogen and oxygen atoms in total. The monoisotopic (exact) mass is 337 g/mol. The molecule has 0 spiro atoms. The largest absolute Gasteiger partial charge is 0.314 e. The van der Waals surface area contributed by atoms with Gasteiger partial charge in [0.05, 0.1) is 11.7 Å². The molecule has 2 fully saturated rings. The van der Waals surface area contributed by atoms with E-state index in [1.54, 1.807) is 0 Å². The summed E-state index contributed by atoms with van der Waals surface area (Å²) < 4.78 is 1.07. The van der Waals surface area contributed by atoms with E-state index in [-0.39, 0.29) is 0 Å². The number of pyridine rings is 1. The molecule has 1 aliphatic carbocycles. The minimum atomic E-state index is 0.519. The van der Waals surface area contributed by atoms with Gasteiger partial charge in [0.2, 0.25) is 0 Å². The molecule has 4 heteroatoms. The minimum Gasteiger partial charge on any atom is -0.314 e. The van der Waals surface area contributed by atoms with Crippen LogP contribution in [0, 0.1) is 5.92 Å². The Hall–Kier alpha value is -0.450. The van der Waals surface area contributed by atoms with Crippen molar-refractivity contribution in [2.75, 3.05) is 26.2 Å². The van der Waals surface area contributed by atoms with Crippen molar-refractivity contribution >= 4 is 15.9 Å². The highest BCUT2D eigenvalue weighted by Crippen LogP contribution is 2.37. The summed E-state index contributed by atoms with van der Waals surface area (Å²) in [6.45, 7) is 4.53. The van der Waals surface area contributed by atoms with E-state index in [4.69, 9.17) is 4.98 Å². The van der Waals surface area contributed by atoms with Crippen LogP contribution >= 0.6 is 15.9 Å². The molecule has 20 heavy (non-hydrogen) atoms. The maximum Gasteiger partial charge on any atom is 0.0579 e. The minimum absolute atomic E-state index is 0.519. The van der Waals surface area contributed by atoms with Gasteiger partial charge >= 0.3 is 0 Å². The van der Waals surface area contributed by atoms with Gasteiger partial charge in [0.25, 0.3) is 0 Å². The van der Waals surface area contributed by atoms with Crippen LogP contribution in [-0.4, -0.2) is 36.1 Å². The molecule has 1 N–H and O–H groups in total. The third-order valence-electron chi connectivity index (χ3n) is 4.69. The first-order valence-corrected chi connectivity index (χ1v) is 8.70. The molecule has 0 amide bonds. The van der Waals surface area contributed by atoms with Crippen molar-refractivity contribution in [2.24, 2.45) is 5.92 Å². The fourth-order valence-corrected chi connectivity index (χ4v) is 3.93. The summed E-state index contributed by atoms with van der Waals surface area (Å²) in [5.74, 6) is 0.788. The number of nitrogens with one attached hydrogen (secondary N) is 1. The van der Waals surface area contributed by atoms with Gasteiger partial charge in [-0.25, -0.2) is 0 Å². The lowest BCUT2D eigenvalue weighted by molar-refractivity contribution is 0.100. The van der Waals surface area contributed by atoms with Gasteiger partial charge in [-0.2, -0.15) is 0 Å². The normalized spacial score (nSPS) is 23.6. The zero-order valence-electron chi connectivity index (χ0n) is 12.0. The Kier molecular flexibility index (Phi) is 5.08. The maximum absolute atomic E-state index is 4.72. The molecule has 0 unspecified atom stereocenters. The molecule has 0 radical (unpaired) electrons. The molecule has 0 bridgehead atoms. The number of hydrogen-bond donors (Lipinski definition) is 1. The van der Waals surface area contributed by atoms with E-state index in [1.165, 1.54) is 37.8 Å². The second kappa shape index (κ2) is 7.01. The highest BCUT2D eigenvalue weighted by molar-refractivity contribution is 9.10. The molecule has 1 aromatic heterocycles. The number of rotatable bonds is 3. The van der Waals surface area contributed by atoms with Gasteiger partial charge in [-0.15, -0.1) is 0 Å². The van der Waals surface area contributed by atoms with Gasteiger partial charge in [-0.3, -0.25) is 9.88 Å². The number of aromatic nitrogens is 1. The highest BCUT2D eigenvalue weighted by atomic mass is 79.9. The van der Waals surface area contributed by atoms with Crippen molar-refractivity contribution < 1.29 is 0 Å². The molecule has 2 aliphatic rings. The SMILES string of the molecule is Brc1ccc([C@@H](C2CCCCC2)N2CCNCC2)nc1. The predicted octanol–water partition coefficient (Wildman–Crippen LogP) is 3.37. The standard InChI is InChI=1S/C16H24BrN3/c17-14-6-7-15(19-12-14)16(13-4-2-1-3-5-13)20-10-8-18-9-11-20/h6-7,12-13,16,18H,1-5,8-11H2/t16-/m1/s1. The Bertz CT molecular complexity index is 390. The molecule has 1 atom stereocenters. The van der Waals surface area contributed by atoms with E-state index < -0.39 is 0 Å².